The molecule has 156 valence electrons. The van der Waals surface area contributed by atoms with E-state index in [1.807, 2.05) is 37.3 Å². The topological polar surface area (TPSA) is 95.9 Å². The molecule has 0 bridgehead atoms. The van der Waals surface area contributed by atoms with Gasteiger partial charge in [-0.25, -0.2) is 9.97 Å². The third kappa shape index (κ3) is 4.31. The van der Waals surface area contributed by atoms with Crippen molar-refractivity contribution in [2.45, 2.75) is 19.8 Å². The number of rotatable bonds is 5. The van der Waals surface area contributed by atoms with Crippen molar-refractivity contribution < 1.29 is 4.79 Å². The number of carbonyl (C=O) groups excluding carboxylic acids is 1. The third-order valence-electron chi connectivity index (χ3n) is 5.19. The summed E-state index contributed by atoms with van der Waals surface area (Å²) in [4.78, 5) is 23.9. The van der Waals surface area contributed by atoms with Crippen LogP contribution in [0.1, 0.15) is 29.0 Å². The number of aromatic nitrogens is 4. The second-order valence-corrected chi connectivity index (χ2v) is 8.01. The lowest BCUT2D eigenvalue weighted by Gasteiger charge is -2.18. The Labute approximate surface area is 183 Å². The lowest BCUT2D eigenvalue weighted by molar-refractivity contribution is 0.102. The number of nitrogens with zero attached hydrogens (tertiary/aromatic N) is 5. The molecule has 2 aromatic carbocycles. The summed E-state index contributed by atoms with van der Waals surface area (Å²) in [6.45, 7) is 3.98. The molecule has 3 heterocycles. The second kappa shape index (κ2) is 8.27. The van der Waals surface area contributed by atoms with E-state index in [0.717, 1.165) is 59.0 Å². The molecule has 0 spiro atoms. The van der Waals surface area contributed by atoms with Gasteiger partial charge in [0.05, 0.1) is 11.7 Å². The van der Waals surface area contributed by atoms with Crippen LogP contribution in [0, 0.1) is 6.92 Å². The van der Waals surface area contributed by atoms with E-state index in [2.05, 4.69) is 34.2 Å². The standard InChI is InChI=1S/C22H21N7OS/c1-14-23-20(13-21(24-14)29-10-2-3-11-29)25-16-5-7-17(8-6-16)26-22(30)15-4-9-18-19(12-15)28-31-27-18/h4-9,12-13H,2-3,10-11H2,1H3,(H,26,30)(H,23,24,25). The SMILES string of the molecule is Cc1nc(Nc2ccc(NC(=O)c3ccc4nsnc4c3)cc2)cc(N2CCCC2)n1. The van der Waals surface area contributed by atoms with Crippen LogP contribution in [0.3, 0.4) is 0 Å². The molecule has 0 saturated carbocycles. The average molecular weight is 432 g/mol. The zero-order valence-electron chi connectivity index (χ0n) is 17.0. The highest BCUT2D eigenvalue weighted by Gasteiger charge is 2.15. The highest BCUT2D eigenvalue weighted by molar-refractivity contribution is 7.00. The zero-order valence-corrected chi connectivity index (χ0v) is 17.8. The maximum Gasteiger partial charge on any atom is 0.255 e. The minimum Gasteiger partial charge on any atom is -0.356 e. The van der Waals surface area contributed by atoms with Crippen molar-refractivity contribution in [2.24, 2.45) is 0 Å². The summed E-state index contributed by atoms with van der Waals surface area (Å²) in [5.74, 6) is 2.28. The van der Waals surface area contributed by atoms with Gasteiger partial charge in [-0.1, -0.05) is 0 Å². The van der Waals surface area contributed by atoms with Crippen LogP contribution in [0.25, 0.3) is 11.0 Å². The lowest BCUT2D eigenvalue weighted by atomic mass is 10.2. The first kappa shape index (κ1) is 19.4. The number of benzene rings is 2. The van der Waals surface area contributed by atoms with E-state index in [4.69, 9.17) is 0 Å². The van der Waals surface area contributed by atoms with Gasteiger partial charge in [-0.15, -0.1) is 0 Å². The summed E-state index contributed by atoms with van der Waals surface area (Å²) in [6, 6.07) is 14.8. The van der Waals surface area contributed by atoms with E-state index < -0.39 is 0 Å². The summed E-state index contributed by atoms with van der Waals surface area (Å²) in [5.41, 5.74) is 3.67. The van der Waals surface area contributed by atoms with E-state index in [-0.39, 0.29) is 5.91 Å². The number of nitrogens with one attached hydrogen (secondary N) is 2. The lowest BCUT2D eigenvalue weighted by Crippen LogP contribution is -2.19. The Morgan fingerprint density at radius 3 is 2.48 bits per heavy atom. The summed E-state index contributed by atoms with van der Waals surface area (Å²) in [5, 5.41) is 6.25. The first-order valence-corrected chi connectivity index (χ1v) is 10.9. The van der Waals surface area contributed by atoms with Crippen LogP contribution >= 0.6 is 11.7 Å². The van der Waals surface area contributed by atoms with Crippen LogP contribution < -0.4 is 15.5 Å². The molecule has 1 aliphatic heterocycles. The van der Waals surface area contributed by atoms with Gasteiger partial charge >= 0.3 is 0 Å². The largest absolute Gasteiger partial charge is 0.356 e. The van der Waals surface area contributed by atoms with Gasteiger partial charge in [0, 0.05) is 36.1 Å². The van der Waals surface area contributed by atoms with Crippen molar-refractivity contribution in [3.63, 3.8) is 0 Å². The molecule has 5 rings (SSSR count). The highest BCUT2D eigenvalue weighted by atomic mass is 32.1. The zero-order chi connectivity index (χ0) is 21.2. The summed E-state index contributed by atoms with van der Waals surface area (Å²) in [6.07, 6.45) is 2.40. The Bertz CT molecular complexity index is 1230. The number of fused-ring (bicyclic) bond motifs is 1. The predicted molar refractivity (Wildman–Crippen MR) is 123 cm³/mol. The molecular formula is C22H21N7OS. The molecule has 9 heteroatoms. The summed E-state index contributed by atoms with van der Waals surface area (Å²) >= 11 is 1.14. The minimum absolute atomic E-state index is 0.183. The van der Waals surface area contributed by atoms with E-state index in [1.165, 1.54) is 12.8 Å². The second-order valence-electron chi connectivity index (χ2n) is 7.48. The molecule has 4 aromatic rings. The van der Waals surface area contributed by atoms with Gasteiger partial charge in [-0.3, -0.25) is 4.79 Å². The van der Waals surface area contributed by atoms with Gasteiger partial charge in [0.2, 0.25) is 0 Å². The summed E-state index contributed by atoms with van der Waals surface area (Å²) in [7, 11) is 0. The fourth-order valence-electron chi connectivity index (χ4n) is 3.64. The van der Waals surface area contributed by atoms with Crippen LogP contribution in [0.5, 0.6) is 0 Å². The number of anilines is 4. The Morgan fingerprint density at radius 1 is 0.935 bits per heavy atom. The van der Waals surface area contributed by atoms with Gasteiger partial charge in [-0.05, 0) is 62.2 Å². The van der Waals surface area contributed by atoms with E-state index in [0.29, 0.717) is 11.3 Å². The van der Waals surface area contributed by atoms with Crippen molar-refractivity contribution >= 4 is 51.7 Å². The molecule has 0 radical (unpaired) electrons. The maximum absolute atomic E-state index is 12.6. The van der Waals surface area contributed by atoms with Crippen molar-refractivity contribution in [3.05, 3.63) is 59.9 Å². The molecule has 1 saturated heterocycles. The minimum atomic E-state index is -0.183. The molecule has 1 fully saturated rings. The molecule has 2 aromatic heterocycles. The van der Waals surface area contributed by atoms with Gasteiger partial charge < -0.3 is 15.5 Å². The fourth-order valence-corrected chi connectivity index (χ4v) is 4.15. The highest BCUT2D eigenvalue weighted by Crippen LogP contribution is 2.24. The Kier molecular flexibility index (Phi) is 5.17. The molecule has 0 unspecified atom stereocenters. The fraction of sp³-hybridized carbons (Fsp3) is 0.227. The molecule has 8 nitrogen and oxygen atoms in total. The number of amides is 1. The smallest absolute Gasteiger partial charge is 0.255 e. The first-order chi connectivity index (χ1) is 15.1. The van der Waals surface area contributed by atoms with Crippen LogP contribution in [-0.4, -0.2) is 37.7 Å². The quantitative estimate of drug-likeness (QED) is 0.484. The molecule has 0 aliphatic carbocycles. The maximum atomic E-state index is 12.6. The Hall–Kier alpha value is -3.59. The molecule has 31 heavy (non-hydrogen) atoms. The van der Waals surface area contributed by atoms with Crippen molar-refractivity contribution in [1.82, 2.24) is 18.7 Å². The van der Waals surface area contributed by atoms with Crippen LogP contribution in [0.15, 0.2) is 48.5 Å². The van der Waals surface area contributed by atoms with Crippen LogP contribution in [-0.2, 0) is 0 Å². The molecule has 2 N–H and O–H groups in total. The Balaban J connectivity index is 1.27. The predicted octanol–water partition coefficient (Wildman–Crippen LogP) is 4.39. The molecular weight excluding hydrogens is 410 g/mol. The van der Waals surface area contributed by atoms with E-state index in [1.54, 1.807) is 18.2 Å². The number of hydrogen-bond donors (Lipinski definition) is 2. The first-order valence-electron chi connectivity index (χ1n) is 10.2. The average Bonchev–Trinajstić information content (AvgIpc) is 3.46. The van der Waals surface area contributed by atoms with Gasteiger partial charge in [0.15, 0.2) is 0 Å². The molecule has 1 aliphatic rings. The number of carbonyl (C=O) groups is 1. The monoisotopic (exact) mass is 431 g/mol. The molecule has 1 amide bonds. The van der Waals surface area contributed by atoms with Crippen LogP contribution in [0.2, 0.25) is 0 Å². The van der Waals surface area contributed by atoms with Crippen molar-refractivity contribution in [3.8, 4) is 0 Å². The third-order valence-corrected chi connectivity index (χ3v) is 5.74. The van der Waals surface area contributed by atoms with E-state index in [9.17, 15) is 4.79 Å². The van der Waals surface area contributed by atoms with Crippen molar-refractivity contribution in [1.29, 1.82) is 0 Å². The number of hydrogen-bond acceptors (Lipinski definition) is 8. The van der Waals surface area contributed by atoms with E-state index >= 15 is 0 Å². The van der Waals surface area contributed by atoms with Gasteiger partial charge in [0.25, 0.3) is 5.91 Å². The number of aryl methyl sites for hydroxylation is 1. The van der Waals surface area contributed by atoms with Crippen molar-refractivity contribution in [2.75, 3.05) is 28.6 Å². The normalized spacial score (nSPS) is 13.5. The Morgan fingerprint density at radius 2 is 1.68 bits per heavy atom. The van der Waals surface area contributed by atoms with Gasteiger partial charge in [-0.2, -0.15) is 8.75 Å². The summed E-state index contributed by atoms with van der Waals surface area (Å²) < 4.78 is 8.35. The molecule has 0 atom stereocenters. The van der Waals surface area contributed by atoms with Gasteiger partial charge in [0.1, 0.15) is 28.5 Å². The van der Waals surface area contributed by atoms with Crippen LogP contribution in [0.4, 0.5) is 23.0 Å².